The van der Waals surface area contributed by atoms with E-state index in [4.69, 9.17) is 9.47 Å². The molecule has 112 valence electrons. The highest BCUT2D eigenvalue weighted by Crippen LogP contribution is 2.30. The van der Waals surface area contributed by atoms with Gasteiger partial charge in [0.05, 0.1) is 12.3 Å². The molecule has 2 aromatic rings. The molecule has 1 saturated heterocycles. The third-order valence-corrected chi connectivity index (χ3v) is 3.65. The SMILES string of the molecule is Cn1nnc(-c2ccccc2O)c1COC1CCCCO1. The lowest BCUT2D eigenvalue weighted by molar-refractivity contribution is -0.169. The molecule has 1 aromatic carbocycles. The molecule has 1 atom stereocenters. The van der Waals surface area contributed by atoms with Crippen LogP contribution in [0.15, 0.2) is 24.3 Å². The summed E-state index contributed by atoms with van der Waals surface area (Å²) in [7, 11) is 1.82. The number of aromatic nitrogens is 3. The first kappa shape index (κ1) is 14.0. The molecule has 0 radical (unpaired) electrons. The van der Waals surface area contributed by atoms with Gasteiger partial charge in [0.1, 0.15) is 11.4 Å². The number of aromatic hydroxyl groups is 1. The number of para-hydroxylation sites is 1. The van der Waals surface area contributed by atoms with Crippen molar-refractivity contribution in [2.75, 3.05) is 6.61 Å². The summed E-state index contributed by atoms with van der Waals surface area (Å²) in [6, 6.07) is 7.10. The van der Waals surface area contributed by atoms with Gasteiger partial charge in [-0.2, -0.15) is 0 Å². The van der Waals surface area contributed by atoms with Crippen molar-refractivity contribution in [3.8, 4) is 17.0 Å². The van der Waals surface area contributed by atoms with Gasteiger partial charge in [-0.05, 0) is 31.4 Å². The van der Waals surface area contributed by atoms with Gasteiger partial charge >= 0.3 is 0 Å². The second-order valence-electron chi connectivity index (χ2n) is 5.13. The summed E-state index contributed by atoms with van der Waals surface area (Å²) in [6.07, 6.45) is 2.97. The van der Waals surface area contributed by atoms with Crippen LogP contribution in [-0.4, -0.2) is 33.0 Å². The fourth-order valence-electron chi connectivity index (χ4n) is 2.44. The summed E-state index contributed by atoms with van der Waals surface area (Å²) in [5.74, 6) is 0.188. The lowest BCUT2D eigenvalue weighted by Crippen LogP contribution is -2.22. The van der Waals surface area contributed by atoms with Crippen LogP contribution in [0.5, 0.6) is 5.75 Å². The van der Waals surface area contributed by atoms with Gasteiger partial charge in [0, 0.05) is 19.2 Å². The van der Waals surface area contributed by atoms with E-state index in [2.05, 4.69) is 10.3 Å². The highest BCUT2D eigenvalue weighted by Gasteiger charge is 2.19. The van der Waals surface area contributed by atoms with Crippen LogP contribution in [0.3, 0.4) is 0 Å². The molecule has 1 aliphatic rings. The maximum Gasteiger partial charge on any atom is 0.158 e. The van der Waals surface area contributed by atoms with Gasteiger partial charge in [0.15, 0.2) is 6.29 Å². The quantitative estimate of drug-likeness (QED) is 0.934. The lowest BCUT2D eigenvalue weighted by Gasteiger charge is -2.22. The summed E-state index contributed by atoms with van der Waals surface area (Å²) in [5.41, 5.74) is 2.13. The minimum atomic E-state index is -0.161. The number of ether oxygens (including phenoxy) is 2. The Morgan fingerprint density at radius 1 is 1.38 bits per heavy atom. The Balaban J connectivity index is 1.79. The topological polar surface area (TPSA) is 69.4 Å². The predicted molar refractivity (Wildman–Crippen MR) is 76.5 cm³/mol. The molecule has 1 aromatic heterocycles. The van der Waals surface area contributed by atoms with Crippen molar-refractivity contribution in [3.05, 3.63) is 30.0 Å². The number of rotatable bonds is 4. The van der Waals surface area contributed by atoms with Gasteiger partial charge < -0.3 is 14.6 Å². The molecular weight excluding hydrogens is 270 g/mol. The average molecular weight is 289 g/mol. The molecule has 21 heavy (non-hydrogen) atoms. The second-order valence-corrected chi connectivity index (χ2v) is 5.13. The van der Waals surface area contributed by atoms with Crippen LogP contribution in [0, 0.1) is 0 Å². The van der Waals surface area contributed by atoms with E-state index in [0.29, 0.717) is 17.9 Å². The average Bonchev–Trinajstić information content (AvgIpc) is 2.88. The van der Waals surface area contributed by atoms with Crippen LogP contribution < -0.4 is 0 Å². The number of hydrogen-bond acceptors (Lipinski definition) is 5. The molecule has 1 aliphatic heterocycles. The minimum absolute atomic E-state index is 0.161. The molecule has 1 N–H and O–H groups in total. The predicted octanol–water partition coefficient (Wildman–Crippen LogP) is 2.23. The molecule has 0 amide bonds. The largest absolute Gasteiger partial charge is 0.507 e. The van der Waals surface area contributed by atoms with E-state index < -0.39 is 0 Å². The molecule has 6 nitrogen and oxygen atoms in total. The first-order valence-corrected chi connectivity index (χ1v) is 7.16. The number of phenolic OH excluding ortho intramolecular Hbond substituents is 1. The number of benzene rings is 1. The van der Waals surface area contributed by atoms with Gasteiger partial charge in [0.25, 0.3) is 0 Å². The summed E-state index contributed by atoms with van der Waals surface area (Å²) in [6.45, 7) is 1.11. The number of nitrogens with zero attached hydrogens (tertiary/aromatic N) is 3. The monoisotopic (exact) mass is 289 g/mol. The summed E-state index contributed by atoms with van der Waals surface area (Å²) in [4.78, 5) is 0. The van der Waals surface area contributed by atoms with E-state index in [1.807, 2.05) is 19.2 Å². The van der Waals surface area contributed by atoms with Crippen LogP contribution in [0.4, 0.5) is 0 Å². The third kappa shape index (κ3) is 3.06. The fraction of sp³-hybridized carbons (Fsp3) is 0.467. The highest BCUT2D eigenvalue weighted by molar-refractivity contribution is 5.68. The van der Waals surface area contributed by atoms with Crippen LogP contribution in [0.1, 0.15) is 25.0 Å². The normalized spacial score (nSPS) is 18.8. The Labute approximate surface area is 123 Å². The van der Waals surface area contributed by atoms with Crippen molar-refractivity contribution in [3.63, 3.8) is 0 Å². The number of hydrogen-bond donors (Lipinski definition) is 1. The van der Waals surface area contributed by atoms with Gasteiger partial charge in [0.2, 0.25) is 0 Å². The van der Waals surface area contributed by atoms with Gasteiger partial charge in [-0.1, -0.05) is 17.3 Å². The van der Waals surface area contributed by atoms with Crippen LogP contribution in [0.2, 0.25) is 0 Å². The maximum atomic E-state index is 9.97. The molecular formula is C15H19N3O3. The van der Waals surface area contributed by atoms with Crippen molar-refractivity contribution < 1.29 is 14.6 Å². The zero-order valence-electron chi connectivity index (χ0n) is 12.0. The van der Waals surface area contributed by atoms with Crippen molar-refractivity contribution >= 4 is 0 Å². The molecule has 0 bridgehead atoms. The molecule has 2 heterocycles. The molecule has 0 spiro atoms. The molecule has 0 saturated carbocycles. The highest BCUT2D eigenvalue weighted by atomic mass is 16.7. The standard InChI is InChI=1S/C15H19N3O3/c1-18-12(10-21-14-8-4-5-9-20-14)15(16-17-18)11-6-2-3-7-13(11)19/h2-3,6-7,14,19H,4-5,8-10H2,1H3. The van der Waals surface area contributed by atoms with Gasteiger partial charge in [-0.25, -0.2) is 4.68 Å². The van der Waals surface area contributed by atoms with Crippen LogP contribution in [0.25, 0.3) is 11.3 Å². The van der Waals surface area contributed by atoms with E-state index >= 15 is 0 Å². The fourth-order valence-corrected chi connectivity index (χ4v) is 2.44. The summed E-state index contributed by atoms with van der Waals surface area (Å²) in [5, 5.41) is 18.1. The smallest absolute Gasteiger partial charge is 0.158 e. The summed E-state index contributed by atoms with van der Waals surface area (Å²) < 4.78 is 13.0. The molecule has 1 unspecified atom stereocenters. The maximum absolute atomic E-state index is 9.97. The molecule has 6 heteroatoms. The number of phenols is 1. The van der Waals surface area contributed by atoms with Crippen molar-refractivity contribution in [2.45, 2.75) is 32.2 Å². The molecule has 1 fully saturated rings. The van der Waals surface area contributed by atoms with Crippen LogP contribution >= 0.6 is 0 Å². The Bertz CT molecular complexity index is 606. The first-order valence-electron chi connectivity index (χ1n) is 7.16. The van der Waals surface area contributed by atoms with E-state index in [9.17, 15) is 5.11 Å². The molecule has 3 rings (SSSR count). The second kappa shape index (κ2) is 6.24. The summed E-state index contributed by atoms with van der Waals surface area (Å²) >= 11 is 0. The Morgan fingerprint density at radius 3 is 3.00 bits per heavy atom. The van der Waals surface area contributed by atoms with Crippen LogP contribution in [-0.2, 0) is 23.1 Å². The Hall–Kier alpha value is -1.92. The van der Waals surface area contributed by atoms with E-state index in [0.717, 1.165) is 31.6 Å². The van der Waals surface area contributed by atoms with E-state index in [-0.39, 0.29) is 12.0 Å². The van der Waals surface area contributed by atoms with E-state index in [1.54, 1.807) is 16.8 Å². The van der Waals surface area contributed by atoms with E-state index in [1.165, 1.54) is 0 Å². The number of aryl methyl sites for hydroxylation is 1. The first-order chi connectivity index (χ1) is 10.3. The van der Waals surface area contributed by atoms with Crippen molar-refractivity contribution in [2.24, 2.45) is 7.05 Å². The van der Waals surface area contributed by atoms with Crippen molar-refractivity contribution in [1.82, 2.24) is 15.0 Å². The zero-order chi connectivity index (χ0) is 14.7. The van der Waals surface area contributed by atoms with Crippen molar-refractivity contribution in [1.29, 1.82) is 0 Å². The zero-order valence-corrected chi connectivity index (χ0v) is 12.0. The molecule has 0 aliphatic carbocycles. The van der Waals surface area contributed by atoms with Gasteiger partial charge in [-0.3, -0.25) is 0 Å². The minimum Gasteiger partial charge on any atom is -0.507 e. The van der Waals surface area contributed by atoms with Gasteiger partial charge in [-0.15, -0.1) is 5.10 Å². The lowest BCUT2D eigenvalue weighted by atomic mass is 10.1. The Kier molecular flexibility index (Phi) is 4.17. The third-order valence-electron chi connectivity index (χ3n) is 3.65. The Morgan fingerprint density at radius 2 is 2.24 bits per heavy atom.